The summed E-state index contributed by atoms with van der Waals surface area (Å²) in [6.45, 7) is 0. The smallest absolute Gasteiger partial charge is 0.356 e. The van der Waals surface area contributed by atoms with Gasteiger partial charge in [-0.05, 0) is 0 Å². The largest absolute Gasteiger partial charge is 0.476 e. The summed E-state index contributed by atoms with van der Waals surface area (Å²) in [5, 5.41) is 12.4. The van der Waals surface area contributed by atoms with E-state index in [1.165, 1.54) is 23.1 Å². The third-order valence-corrected chi connectivity index (χ3v) is 1.64. The lowest BCUT2D eigenvalue weighted by atomic mass is 10.3. The van der Waals surface area contributed by atoms with Gasteiger partial charge in [0.1, 0.15) is 6.33 Å². The van der Waals surface area contributed by atoms with Gasteiger partial charge in [-0.15, -0.1) is 0 Å². The molecule has 0 fully saturated rings. The lowest BCUT2D eigenvalue weighted by Crippen LogP contribution is -1.98. The maximum Gasteiger partial charge on any atom is 0.356 e. The van der Waals surface area contributed by atoms with Crippen molar-refractivity contribution in [3.05, 3.63) is 24.3 Å². The minimum Gasteiger partial charge on any atom is -0.476 e. The van der Waals surface area contributed by atoms with Crippen LogP contribution in [-0.2, 0) is 0 Å². The van der Waals surface area contributed by atoms with Crippen LogP contribution in [0.2, 0.25) is 0 Å². The van der Waals surface area contributed by atoms with Crippen molar-refractivity contribution in [1.29, 1.82) is 0 Å². The number of carbonyl (C=O) groups is 1. The van der Waals surface area contributed by atoms with E-state index in [1.54, 1.807) is 0 Å². The van der Waals surface area contributed by atoms with Crippen LogP contribution in [0.25, 0.3) is 5.52 Å². The fourth-order valence-electron chi connectivity index (χ4n) is 1.05. The predicted molar refractivity (Wildman–Crippen MR) is 44.4 cm³/mol. The van der Waals surface area contributed by atoms with E-state index in [0.29, 0.717) is 11.2 Å². The molecule has 0 aliphatic carbocycles. The van der Waals surface area contributed by atoms with E-state index < -0.39 is 5.97 Å². The van der Waals surface area contributed by atoms with Gasteiger partial charge in [0.15, 0.2) is 5.69 Å². The van der Waals surface area contributed by atoms with Crippen LogP contribution in [0.3, 0.4) is 0 Å². The standard InChI is InChI=1S/C7H6N4O2/c8-4-2-9-3-11-6(4)1-5(10-11)7(12)13/h1-3H,8H2,(H,12,13). The molecule has 0 saturated carbocycles. The molecule has 6 heteroatoms. The maximum atomic E-state index is 10.5. The highest BCUT2D eigenvalue weighted by atomic mass is 16.4. The fourth-order valence-corrected chi connectivity index (χ4v) is 1.05. The highest BCUT2D eigenvalue weighted by Gasteiger charge is 2.09. The number of fused-ring (bicyclic) bond motifs is 1. The average molecular weight is 178 g/mol. The van der Waals surface area contributed by atoms with Crippen LogP contribution in [0.1, 0.15) is 10.5 Å². The van der Waals surface area contributed by atoms with Crippen molar-refractivity contribution in [2.24, 2.45) is 0 Å². The van der Waals surface area contributed by atoms with Crippen LogP contribution in [0.5, 0.6) is 0 Å². The molecule has 6 nitrogen and oxygen atoms in total. The Bertz CT molecular complexity index is 476. The summed E-state index contributed by atoms with van der Waals surface area (Å²) < 4.78 is 1.33. The summed E-state index contributed by atoms with van der Waals surface area (Å²) in [6.07, 6.45) is 2.85. The highest BCUT2D eigenvalue weighted by molar-refractivity contribution is 5.88. The first kappa shape index (κ1) is 7.53. The number of nitrogen functional groups attached to an aromatic ring is 1. The molecule has 2 heterocycles. The lowest BCUT2D eigenvalue weighted by Gasteiger charge is -1.93. The number of carboxylic acids is 1. The van der Waals surface area contributed by atoms with Crippen LogP contribution in [0.4, 0.5) is 5.69 Å². The summed E-state index contributed by atoms with van der Waals surface area (Å²) in [5.41, 5.74) is 6.47. The van der Waals surface area contributed by atoms with Gasteiger partial charge in [0.25, 0.3) is 0 Å². The zero-order valence-corrected chi connectivity index (χ0v) is 6.51. The molecular weight excluding hydrogens is 172 g/mol. The minimum absolute atomic E-state index is 0.0419. The summed E-state index contributed by atoms with van der Waals surface area (Å²) in [5.74, 6) is -1.08. The number of carboxylic acid groups (broad SMARTS) is 1. The number of nitrogens with zero attached hydrogens (tertiary/aromatic N) is 3. The molecule has 0 spiro atoms. The monoisotopic (exact) mass is 178 g/mol. The van der Waals surface area contributed by atoms with Crippen LogP contribution < -0.4 is 5.73 Å². The molecule has 0 unspecified atom stereocenters. The first-order chi connectivity index (χ1) is 6.18. The van der Waals surface area contributed by atoms with Gasteiger partial charge < -0.3 is 10.8 Å². The van der Waals surface area contributed by atoms with Crippen LogP contribution in [0.15, 0.2) is 18.6 Å². The van der Waals surface area contributed by atoms with E-state index in [-0.39, 0.29) is 5.69 Å². The second-order valence-corrected chi connectivity index (χ2v) is 2.51. The molecule has 0 aliphatic rings. The van der Waals surface area contributed by atoms with Gasteiger partial charge in [-0.1, -0.05) is 0 Å². The van der Waals surface area contributed by atoms with Crippen LogP contribution in [0, 0.1) is 0 Å². The second kappa shape index (κ2) is 2.44. The molecule has 0 bridgehead atoms. The van der Waals surface area contributed by atoms with Crippen molar-refractivity contribution in [2.45, 2.75) is 0 Å². The second-order valence-electron chi connectivity index (χ2n) is 2.51. The number of hydrogen-bond acceptors (Lipinski definition) is 4. The number of nitrogens with two attached hydrogens (primary N) is 1. The minimum atomic E-state index is -1.08. The highest BCUT2D eigenvalue weighted by Crippen LogP contribution is 2.12. The van der Waals surface area contributed by atoms with E-state index in [1.807, 2.05) is 0 Å². The number of aromatic nitrogens is 3. The zero-order valence-electron chi connectivity index (χ0n) is 6.51. The van der Waals surface area contributed by atoms with Crippen LogP contribution >= 0.6 is 0 Å². The molecular formula is C7H6N4O2. The molecule has 66 valence electrons. The first-order valence-corrected chi connectivity index (χ1v) is 3.50. The van der Waals surface area contributed by atoms with E-state index in [4.69, 9.17) is 10.8 Å². The molecule has 3 N–H and O–H groups in total. The fraction of sp³-hybridized carbons (Fsp3) is 0. The van der Waals surface area contributed by atoms with Crippen molar-refractivity contribution >= 4 is 17.2 Å². The van der Waals surface area contributed by atoms with E-state index in [9.17, 15) is 4.79 Å². The SMILES string of the molecule is Nc1cncn2nc(C(=O)O)cc12. The Morgan fingerprint density at radius 1 is 1.62 bits per heavy atom. The summed E-state index contributed by atoms with van der Waals surface area (Å²) in [7, 11) is 0. The van der Waals surface area contributed by atoms with Crippen molar-refractivity contribution < 1.29 is 9.90 Å². The Morgan fingerprint density at radius 3 is 3.00 bits per heavy atom. The molecule has 2 rings (SSSR count). The number of anilines is 1. The van der Waals surface area contributed by atoms with E-state index in [2.05, 4.69) is 10.1 Å². The molecule has 13 heavy (non-hydrogen) atoms. The average Bonchev–Trinajstić information content (AvgIpc) is 2.49. The third-order valence-electron chi connectivity index (χ3n) is 1.64. The summed E-state index contributed by atoms with van der Waals surface area (Å²) in [4.78, 5) is 14.3. The normalized spacial score (nSPS) is 10.5. The van der Waals surface area contributed by atoms with Crippen LogP contribution in [-0.4, -0.2) is 25.7 Å². The third kappa shape index (κ3) is 1.08. The van der Waals surface area contributed by atoms with Crippen molar-refractivity contribution in [3.63, 3.8) is 0 Å². The molecule has 2 aromatic rings. The van der Waals surface area contributed by atoms with Gasteiger partial charge in [-0.2, -0.15) is 5.10 Å². The van der Waals surface area contributed by atoms with Crippen molar-refractivity contribution in [3.8, 4) is 0 Å². The topological polar surface area (TPSA) is 93.5 Å². The number of aromatic carboxylic acids is 1. The van der Waals surface area contributed by atoms with Gasteiger partial charge in [0.05, 0.1) is 17.4 Å². The molecule has 0 atom stereocenters. The molecule has 2 aromatic heterocycles. The van der Waals surface area contributed by atoms with Gasteiger partial charge in [-0.3, -0.25) is 0 Å². The lowest BCUT2D eigenvalue weighted by molar-refractivity contribution is 0.0690. The molecule has 0 saturated heterocycles. The number of rotatable bonds is 1. The molecule has 0 amide bonds. The summed E-state index contributed by atoms with van der Waals surface area (Å²) >= 11 is 0. The zero-order chi connectivity index (χ0) is 9.42. The molecule has 0 aromatic carbocycles. The molecule has 0 radical (unpaired) electrons. The predicted octanol–water partition coefficient (Wildman–Crippen LogP) is 0.00970. The molecule has 0 aliphatic heterocycles. The number of hydrogen-bond donors (Lipinski definition) is 2. The van der Waals surface area contributed by atoms with E-state index in [0.717, 1.165) is 0 Å². The first-order valence-electron chi connectivity index (χ1n) is 3.50. The van der Waals surface area contributed by atoms with Gasteiger partial charge in [-0.25, -0.2) is 14.3 Å². The van der Waals surface area contributed by atoms with Gasteiger partial charge >= 0.3 is 5.97 Å². The quantitative estimate of drug-likeness (QED) is 0.641. The summed E-state index contributed by atoms with van der Waals surface area (Å²) in [6, 6.07) is 1.40. The Labute approximate surface area is 72.6 Å². The van der Waals surface area contributed by atoms with Gasteiger partial charge in [0.2, 0.25) is 0 Å². The maximum absolute atomic E-state index is 10.5. The van der Waals surface area contributed by atoms with Crippen molar-refractivity contribution in [1.82, 2.24) is 14.6 Å². The Hall–Kier alpha value is -2.11. The Balaban J connectivity index is 2.75. The van der Waals surface area contributed by atoms with Gasteiger partial charge in [0, 0.05) is 6.07 Å². The van der Waals surface area contributed by atoms with Crippen molar-refractivity contribution in [2.75, 3.05) is 5.73 Å². The Kier molecular flexibility index (Phi) is 1.42. The Morgan fingerprint density at radius 2 is 2.38 bits per heavy atom. The van der Waals surface area contributed by atoms with E-state index >= 15 is 0 Å².